The number of carbonyl (C=O) groups excluding carboxylic acids is 1. The second kappa shape index (κ2) is 4.42. The summed E-state index contributed by atoms with van der Waals surface area (Å²) in [6, 6.07) is 0. The summed E-state index contributed by atoms with van der Waals surface area (Å²) in [5.74, 6) is -0.644. The van der Waals surface area contributed by atoms with Crippen LogP contribution in [-0.4, -0.2) is 36.0 Å². The molecule has 0 aliphatic heterocycles. The summed E-state index contributed by atoms with van der Waals surface area (Å²) in [7, 11) is -6.93. The lowest BCUT2D eigenvalue weighted by Gasteiger charge is -1.96. The van der Waals surface area contributed by atoms with Gasteiger partial charge in [-0.05, 0) is 0 Å². The Kier molecular flexibility index (Phi) is 4.23. The van der Waals surface area contributed by atoms with Gasteiger partial charge < -0.3 is 4.74 Å². The van der Waals surface area contributed by atoms with Crippen molar-refractivity contribution in [3.05, 3.63) is 0 Å². The van der Waals surface area contributed by atoms with Crippen molar-refractivity contribution in [1.29, 1.82) is 0 Å². The summed E-state index contributed by atoms with van der Waals surface area (Å²) in [5.41, 5.74) is 0. The number of ether oxygens (including phenoxy) is 1. The number of carbonyl (C=O) groups is 1. The highest BCUT2D eigenvalue weighted by atomic mass is 33.2. The molecule has 0 saturated carbocycles. The first-order valence-electron chi connectivity index (χ1n) is 2.40. The van der Waals surface area contributed by atoms with Gasteiger partial charge in [0, 0.05) is 0 Å². The van der Waals surface area contributed by atoms with E-state index in [1.807, 2.05) is 0 Å². The molecule has 0 saturated heterocycles. The van der Waals surface area contributed by atoms with E-state index in [9.17, 15) is 17.4 Å². The largest absolute Gasteiger partial charge is 0.467 e. The predicted octanol–water partition coefficient (Wildman–Crippen LogP) is -1.29. The van der Waals surface area contributed by atoms with Gasteiger partial charge in [0.05, 0.1) is 5.75 Å². The first-order valence-corrected chi connectivity index (χ1v) is 5.67. The minimum atomic E-state index is -4.03. The Morgan fingerprint density at radius 1 is 1.55 bits per heavy atom. The van der Waals surface area contributed by atoms with Gasteiger partial charge in [0.2, 0.25) is 0 Å². The zero-order valence-electron chi connectivity index (χ0n) is 5.30. The molecular formula is C3H6O6S2. The van der Waals surface area contributed by atoms with Gasteiger partial charge in [-0.1, -0.05) is 0 Å². The van der Waals surface area contributed by atoms with E-state index in [0.717, 1.165) is 0 Å². The molecule has 0 rings (SSSR count). The van der Waals surface area contributed by atoms with Crippen LogP contribution in [0.25, 0.3) is 0 Å². The Labute approximate surface area is 65.1 Å². The van der Waals surface area contributed by atoms with E-state index in [0.29, 0.717) is 0 Å². The highest BCUT2D eigenvalue weighted by Crippen LogP contribution is 1.93. The minimum absolute atomic E-state index is 0.0653. The predicted molar refractivity (Wildman–Crippen MR) is 36.6 cm³/mol. The standard InChI is InChI=1S/C3H6O6S2/c4-3-9-1-2-11(7,8)10(5)6/h3H,1-2H2,(H,5,6). The molecule has 0 fully saturated rings. The van der Waals surface area contributed by atoms with E-state index in [-0.39, 0.29) is 6.47 Å². The molecule has 66 valence electrons. The van der Waals surface area contributed by atoms with E-state index >= 15 is 0 Å². The summed E-state index contributed by atoms with van der Waals surface area (Å²) in [4.78, 5) is 9.51. The average Bonchev–Trinajstić information content (AvgIpc) is 1.88. The fourth-order valence-corrected chi connectivity index (χ4v) is 1.34. The van der Waals surface area contributed by atoms with Crippen LogP contribution in [0.2, 0.25) is 0 Å². The van der Waals surface area contributed by atoms with Crippen LogP contribution < -0.4 is 0 Å². The Morgan fingerprint density at radius 2 is 2.09 bits per heavy atom. The molecule has 1 atom stereocenters. The lowest BCUT2D eigenvalue weighted by atomic mass is 10.9. The van der Waals surface area contributed by atoms with Crippen LogP contribution >= 0.6 is 0 Å². The molecule has 0 bridgehead atoms. The van der Waals surface area contributed by atoms with Crippen molar-refractivity contribution in [2.45, 2.75) is 0 Å². The molecule has 8 heteroatoms. The van der Waals surface area contributed by atoms with E-state index < -0.39 is 31.3 Å². The molecule has 1 unspecified atom stereocenters. The SMILES string of the molecule is O=COCCS(=O)(=O)S(=O)O. The molecule has 0 aromatic carbocycles. The molecule has 0 aromatic rings. The van der Waals surface area contributed by atoms with E-state index in [1.54, 1.807) is 0 Å². The number of rotatable bonds is 5. The van der Waals surface area contributed by atoms with Crippen molar-refractivity contribution in [3.8, 4) is 0 Å². The van der Waals surface area contributed by atoms with Gasteiger partial charge in [-0.2, -0.15) is 0 Å². The Bertz CT molecular complexity index is 241. The van der Waals surface area contributed by atoms with E-state index in [1.165, 1.54) is 0 Å². The maximum atomic E-state index is 10.5. The summed E-state index contributed by atoms with van der Waals surface area (Å²) in [6.45, 7) is -0.339. The van der Waals surface area contributed by atoms with Crippen LogP contribution in [0.1, 0.15) is 0 Å². The third-order valence-corrected chi connectivity index (χ3v) is 3.64. The average molecular weight is 202 g/mol. The molecule has 11 heavy (non-hydrogen) atoms. The summed E-state index contributed by atoms with van der Waals surface area (Å²) >= 11 is 0. The third-order valence-electron chi connectivity index (χ3n) is 0.736. The van der Waals surface area contributed by atoms with Gasteiger partial charge in [-0.15, -0.1) is 0 Å². The van der Waals surface area contributed by atoms with E-state index in [4.69, 9.17) is 4.55 Å². The van der Waals surface area contributed by atoms with Gasteiger partial charge in [-0.3, -0.25) is 9.35 Å². The second-order valence-electron chi connectivity index (χ2n) is 1.45. The molecule has 0 amide bonds. The van der Waals surface area contributed by atoms with Gasteiger partial charge in [0.1, 0.15) is 6.61 Å². The fourth-order valence-electron chi connectivity index (χ4n) is 0.270. The van der Waals surface area contributed by atoms with Crippen LogP contribution in [0.4, 0.5) is 0 Å². The topological polar surface area (TPSA) is 97.7 Å². The second-order valence-corrected chi connectivity index (χ2v) is 5.78. The van der Waals surface area contributed by atoms with Crippen molar-refractivity contribution in [3.63, 3.8) is 0 Å². The summed E-state index contributed by atoms with van der Waals surface area (Å²) < 4.78 is 43.0. The molecule has 0 aliphatic rings. The Hall–Kier alpha value is -0.470. The maximum Gasteiger partial charge on any atom is 0.293 e. The quantitative estimate of drug-likeness (QED) is 0.258. The first kappa shape index (κ1) is 10.5. The Morgan fingerprint density at radius 3 is 2.45 bits per heavy atom. The fraction of sp³-hybridized carbons (Fsp3) is 0.667. The molecule has 0 spiro atoms. The van der Waals surface area contributed by atoms with Crippen LogP contribution in [0.3, 0.4) is 0 Å². The monoisotopic (exact) mass is 202 g/mol. The Balaban J connectivity index is 3.95. The minimum Gasteiger partial charge on any atom is -0.467 e. The zero-order chi connectivity index (χ0) is 8.91. The van der Waals surface area contributed by atoms with Gasteiger partial charge >= 0.3 is 0 Å². The summed E-state index contributed by atoms with van der Waals surface area (Å²) in [6.07, 6.45) is 0. The van der Waals surface area contributed by atoms with Crippen LogP contribution in [0.15, 0.2) is 0 Å². The maximum absolute atomic E-state index is 10.5. The van der Waals surface area contributed by atoms with Crippen molar-refractivity contribution >= 4 is 25.5 Å². The van der Waals surface area contributed by atoms with Crippen molar-refractivity contribution in [1.82, 2.24) is 0 Å². The molecule has 0 radical (unpaired) electrons. The van der Waals surface area contributed by atoms with E-state index in [2.05, 4.69) is 4.74 Å². The van der Waals surface area contributed by atoms with Gasteiger partial charge in [0.25, 0.3) is 25.5 Å². The highest BCUT2D eigenvalue weighted by molar-refractivity contribution is 8.62. The van der Waals surface area contributed by atoms with Gasteiger partial charge in [0.15, 0.2) is 0 Å². The molecule has 1 N–H and O–H groups in total. The lowest BCUT2D eigenvalue weighted by Crippen LogP contribution is -2.15. The molecule has 0 aliphatic carbocycles. The molecular weight excluding hydrogens is 196 g/mol. The van der Waals surface area contributed by atoms with Crippen molar-refractivity contribution in [2.75, 3.05) is 12.4 Å². The van der Waals surface area contributed by atoms with Gasteiger partial charge in [-0.25, -0.2) is 12.6 Å². The zero-order valence-corrected chi connectivity index (χ0v) is 6.93. The third kappa shape index (κ3) is 4.06. The number of hydrogen-bond donors (Lipinski definition) is 1. The highest BCUT2D eigenvalue weighted by Gasteiger charge is 2.17. The van der Waals surface area contributed by atoms with Crippen LogP contribution in [0, 0.1) is 0 Å². The van der Waals surface area contributed by atoms with Crippen LogP contribution in [-0.2, 0) is 28.5 Å². The molecule has 6 nitrogen and oxygen atoms in total. The first-order chi connectivity index (χ1) is 5.00. The smallest absolute Gasteiger partial charge is 0.293 e. The van der Waals surface area contributed by atoms with Crippen molar-refractivity contribution in [2.24, 2.45) is 0 Å². The van der Waals surface area contributed by atoms with Crippen LogP contribution in [0.5, 0.6) is 0 Å². The lowest BCUT2D eigenvalue weighted by molar-refractivity contribution is -0.128. The summed E-state index contributed by atoms with van der Waals surface area (Å²) in [5, 5.41) is 0. The molecule has 0 aromatic heterocycles. The normalized spacial score (nSPS) is 13.9. The number of hydrogen-bond acceptors (Lipinski definition) is 5. The molecule has 0 heterocycles. The van der Waals surface area contributed by atoms with Crippen molar-refractivity contribution < 1.29 is 26.7 Å².